The van der Waals surface area contributed by atoms with Crippen LogP contribution in [0.2, 0.25) is 0 Å². The minimum absolute atomic E-state index is 0.00615. The second kappa shape index (κ2) is 11.4. The van der Waals surface area contributed by atoms with E-state index in [9.17, 15) is 19.5 Å². The van der Waals surface area contributed by atoms with Crippen LogP contribution in [0.5, 0.6) is 5.75 Å². The number of hydrogen-bond acceptors (Lipinski definition) is 7. The minimum atomic E-state index is -1.08. The number of aliphatic hydroxyl groups excluding tert-OH is 2. The van der Waals surface area contributed by atoms with Gasteiger partial charge in [0.15, 0.2) is 0 Å². The third kappa shape index (κ3) is 5.61. The Kier molecular flexibility index (Phi) is 8.60. The molecule has 0 bridgehead atoms. The molecule has 0 aromatic heterocycles. The lowest BCUT2D eigenvalue weighted by atomic mass is 9.77. The van der Waals surface area contributed by atoms with E-state index >= 15 is 0 Å². The average Bonchev–Trinajstić information content (AvgIpc) is 3.19. The predicted molar refractivity (Wildman–Crippen MR) is 120 cm³/mol. The van der Waals surface area contributed by atoms with E-state index in [2.05, 4.69) is 5.32 Å². The number of Topliss-reactive ketones (excluding diaryl/α,β-unsaturated/α-hetero) is 1. The van der Waals surface area contributed by atoms with Crippen LogP contribution >= 0.6 is 0 Å². The van der Waals surface area contributed by atoms with Crippen molar-refractivity contribution < 1.29 is 34.1 Å². The summed E-state index contributed by atoms with van der Waals surface area (Å²) in [5, 5.41) is 23.1. The van der Waals surface area contributed by atoms with Gasteiger partial charge in [-0.1, -0.05) is 18.2 Å². The fourth-order valence-corrected chi connectivity index (χ4v) is 4.45. The summed E-state index contributed by atoms with van der Waals surface area (Å²) in [5.41, 5.74) is 1.18. The van der Waals surface area contributed by atoms with Crippen molar-refractivity contribution in [1.29, 1.82) is 0 Å². The Bertz CT molecular complexity index is 901. The maximum absolute atomic E-state index is 13.1. The first-order chi connectivity index (χ1) is 15.9. The molecule has 9 nitrogen and oxygen atoms in total. The highest BCUT2D eigenvalue weighted by molar-refractivity contribution is 5.96. The standard InChI is InChI=1S/C24H32N2O7/c1-15(28)6-5-9-20(29)26(11-13-32-2)18-14-17(24(31)25-10-12-27)21-16-7-3-4-8-19(16)33-23(21)22(18)30/h3-4,7-8,14,18,21-23,27,30H,5-6,9-13H2,1-2H3,(H,25,31). The Morgan fingerprint density at radius 1 is 1.21 bits per heavy atom. The van der Waals surface area contributed by atoms with E-state index in [1.54, 1.807) is 12.1 Å². The Hall–Kier alpha value is -2.75. The lowest BCUT2D eigenvalue weighted by Crippen LogP contribution is -2.56. The van der Waals surface area contributed by atoms with Gasteiger partial charge in [-0.25, -0.2) is 0 Å². The molecule has 0 radical (unpaired) electrons. The Labute approximate surface area is 193 Å². The Balaban J connectivity index is 1.95. The number of fused-ring (bicyclic) bond motifs is 3. The first-order valence-corrected chi connectivity index (χ1v) is 11.2. The van der Waals surface area contributed by atoms with E-state index in [1.165, 1.54) is 18.9 Å². The summed E-state index contributed by atoms with van der Waals surface area (Å²) < 4.78 is 11.2. The highest BCUT2D eigenvalue weighted by Gasteiger charge is 2.50. The number of benzene rings is 1. The second-order valence-electron chi connectivity index (χ2n) is 8.32. The van der Waals surface area contributed by atoms with Gasteiger partial charge in [0.25, 0.3) is 0 Å². The van der Waals surface area contributed by atoms with Crippen molar-refractivity contribution in [3.8, 4) is 5.75 Å². The first-order valence-electron chi connectivity index (χ1n) is 11.2. The van der Waals surface area contributed by atoms with Gasteiger partial charge < -0.3 is 34.7 Å². The quantitative estimate of drug-likeness (QED) is 0.440. The van der Waals surface area contributed by atoms with Crippen LogP contribution in [0, 0.1) is 0 Å². The van der Waals surface area contributed by atoms with Crippen LogP contribution in [-0.2, 0) is 19.1 Å². The van der Waals surface area contributed by atoms with Gasteiger partial charge in [-0.05, 0) is 25.5 Å². The van der Waals surface area contributed by atoms with Crippen LogP contribution in [-0.4, -0.2) is 84.4 Å². The monoisotopic (exact) mass is 460 g/mol. The van der Waals surface area contributed by atoms with Gasteiger partial charge >= 0.3 is 0 Å². The van der Waals surface area contributed by atoms with Crippen LogP contribution < -0.4 is 10.1 Å². The number of ether oxygens (including phenoxy) is 2. The highest BCUT2D eigenvalue weighted by Crippen LogP contribution is 2.47. The molecule has 9 heteroatoms. The summed E-state index contributed by atoms with van der Waals surface area (Å²) in [4.78, 5) is 38.9. The summed E-state index contributed by atoms with van der Waals surface area (Å²) >= 11 is 0. The molecule has 1 heterocycles. The fraction of sp³-hybridized carbons (Fsp3) is 0.542. The number of rotatable bonds is 11. The number of aliphatic hydroxyl groups is 2. The van der Waals surface area contributed by atoms with Gasteiger partial charge in [-0.3, -0.25) is 9.59 Å². The lowest BCUT2D eigenvalue weighted by molar-refractivity contribution is -0.138. The minimum Gasteiger partial charge on any atom is -0.486 e. The Morgan fingerprint density at radius 2 is 1.97 bits per heavy atom. The van der Waals surface area contributed by atoms with Crippen LogP contribution in [0.1, 0.15) is 37.7 Å². The topological polar surface area (TPSA) is 125 Å². The largest absolute Gasteiger partial charge is 0.486 e. The molecule has 0 saturated heterocycles. The van der Waals surface area contributed by atoms with E-state index in [4.69, 9.17) is 14.6 Å². The molecule has 2 amide bonds. The van der Waals surface area contributed by atoms with Gasteiger partial charge in [0.2, 0.25) is 11.8 Å². The predicted octanol–water partition coefficient (Wildman–Crippen LogP) is 0.544. The molecule has 3 rings (SSSR count). The molecule has 33 heavy (non-hydrogen) atoms. The van der Waals surface area contributed by atoms with E-state index in [0.29, 0.717) is 24.2 Å². The number of carbonyl (C=O) groups excluding carboxylic acids is 3. The molecule has 4 unspecified atom stereocenters. The summed E-state index contributed by atoms with van der Waals surface area (Å²) in [5.74, 6) is -0.524. The molecule has 0 fully saturated rings. The molecule has 2 aliphatic rings. The van der Waals surface area contributed by atoms with Gasteiger partial charge in [0.1, 0.15) is 23.7 Å². The number of carbonyl (C=O) groups is 3. The number of nitrogens with zero attached hydrogens (tertiary/aromatic N) is 1. The van der Waals surface area contributed by atoms with Crippen molar-refractivity contribution in [2.24, 2.45) is 0 Å². The van der Waals surface area contributed by atoms with E-state index in [1.807, 2.05) is 18.2 Å². The Morgan fingerprint density at radius 3 is 2.67 bits per heavy atom. The normalized spacial score (nSPS) is 23.1. The third-order valence-electron chi connectivity index (χ3n) is 6.01. The van der Waals surface area contributed by atoms with Gasteiger partial charge in [-0.15, -0.1) is 0 Å². The smallest absolute Gasteiger partial charge is 0.247 e. The van der Waals surface area contributed by atoms with Gasteiger partial charge in [0.05, 0.1) is 25.2 Å². The molecule has 4 atom stereocenters. The average molecular weight is 461 g/mol. The van der Waals surface area contributed by atoms with Crippen LogP contribution in [0.4, 0.5) is 0 Å². The van der Waals surface area contributed by atoms with E-state index < -0.39 is 24.2 Å². The highest BCUT2D eigenvalue weighted by atomic mass is 16.5. The lowest BCUT2D eigenvalue weighted by Gasteiger charge is -2.40. The van der Waals surface area contributed by atoms with Crippen LogP contribution in [0.15, 0.2) is 35.9 Å². The van der Waals surface area contributed by atoms with E-state index in [0.717, 1.165) is 5.56 Å². The second-order valence-corrected chi connectivity index (χ2v) is 8.32. The first kappa shape index (κ1) is 24.9. The van der Waals surface area contributed by atoms with Crippen molar-refractivity contribution in [2.45, 2.75) is 50.4 Å². The molecule has 180 valence electrons. The maximum Gasteiger partial charge on any atom is 0.247 e. The van der Waals surface area contributed by atoms with Crippen molar-refractivity contribution in [3.63, 3.8) is 0 Å². The maximum atomic E-state index is 13.1. The number of ketones is 1. The third-order valence-corrected chi connectivity index (χ3v) is 6.01. The summed E-state index contributed by atoms with van der Waals surface area (Å²) in [6.45, 7) is 1.81. The molecule has 0 saturated carbocycles. The molecular weight excluding hydrogens is 428 g/mol. The van der Waals surface area contributed by atoms with Crippen LogP contribution in [0.3, 0.4) is 0 Å². The van der Waals surface area contributed by atoms with E-state index in [-0.39, 0.29) is 50.3 Å². The zero-order valence-electron chi connectivity index (χ0n) is 19.0. The fourth-order valence-electron chi connectivity index (χ4n) is 4.45. The summed E-state index contributed by atoms with van der Waals surface area (Å²) in [6, 6.07) is 6.49. The zero-order chi connectivity index (χ0) is 24.0. The van der Waals surface area contributed by atoms with Crippen molar-refractivity contribution in [1.82, 2.24) is 10.2 Å². The van der Waals surface area contributed by atoms with Crippen molar-refractivity contribution >= 4 is 17.6 Å². The molecule has 1 aliphatic carbocycles. The molecule has 1 aromatic rings. The molecular formula is C24H32N2O7. The number of para-hydroxylation sites is 1. The number of hydrogen-bond donors (Lipinski definition) is 3. The molecule has 3 N–H and O–H groups in total. The van der Waals surface area contributed by atoms with Crippen LogP contribution in [0.25, 0.3) is 0 Å². The number of nitrogens with one attached hydrogen (secondary N) is 1. The van der Waals surface area contributed by atoms with Crippen molar-refractivity contribution in [2.75, 3.05) is 33.4 Å². The number of amides is 2. The van der Waals surface area contributed by atoms with Gasteiger partial charge in [-0.2, -0.15) is 0 Å². The van der Waals surface area contributed by atoms with Crippen molar-refractivity contribution in [3.05, 3.63) is 41.5 Å². The summed E-state index contributed by atoms with van der Waals surface area (Å²) in [6.07, 6.45) is 0.643. The molecule has 1 aliphatic heterocycles. The van der Waals surface area contributed by atoms with Gasteiger partial charge in [0, 0.05) is 44.2 Å². The molecule has 1 aromatic carbocycles. The summed E-state index contributed by atoms with van der Waals surface area (Å²) in [7, 11) is 1.52. The SMILES string of the molecule is COCCN(C(=O)CCCC(C)=O)C1C=C(C(=O)NCCO)C2c3ccccc3OC2C1O. The molecule has 0 spiro atoms. The zero-order valence-corrected chi connectivity index (χ0v) is 19.0. The number of methoxy groups -OCH3 is 1.